The number of aromatic nitrogens is 1. The quantitative estimate of drug-likeness (QED) is 0.752. The highest BCUT2D eigenvalue weighted by atomic mass is 32.1. The van der Waals surface area contributed by atoms with Crippen molar-refractivity contribution in [3.63, 3.8) is 0 Å². The zero-order chi connectivity index (χ0) is 15.2. The Morgan fingerprint density at radius 2 is 2.00 bits per heavy atom. The van der Waals surface area contributed by atoms with Crippen LogP contribution in [0.5, 0.6) is 5.88 Å². The van der Waals surface area contributed by atoms with Crippen LogP contribution in [0.1, 0.15) is 31.2 Å². The Morgan fingerprint density at radius 3 is 2.67 bits per heavy atom. The van der Waals surface area contributed by atoms with Gasteiger partial charge in [-0.25, -0.2) is 0 Å². The van der Waals surface area contributed by atoms with Crippen molar-refractivity contribution in [2.75, 3.05) is 0 Å². The normalized spacial score (nSPS) is 15.7. The molecule has 1 N–H and O–H groups in total. The Balaban J connectivity index is 2.11. The van der Waals surface area contributed by atoms with Crippen LogP contribution in [0.15, 0.2) is 29.3 Å². The van der Waals surface area contributed by atoms with E-state index in [0.717, 1.165) is 21.7 Å². The van der Waals surface area contributed by atoms with E-state index in [0.29, 0.717) is 3.95 Å². The van der Waals surface area contributed by atoms with E-state index in [-0.39, 0.29) is 11.4 Å². The van der Waals surface area contributed by atoms with Crippen molar-refractivity contribution in [2.45, 2.75) is 26.3 Å². The number of hydrogen-bond acceptors (Lipinski definition) is 4. The number of aliphatic imine (C=N–C) groups is 1. The first-order chi connectivity index (χ1) is 9.88. The van der Waals surface area contributed by atoms with E-state index in [1.807, 2.05) is 57.3 Å². The van der Waals surface area contributed by atoms with Gasteiger partial charge in [0.15, 0.2) is 3.95 Å². The second kappa shape index (κ2) is 4.93. The number of rotatable bonds is 1. The van der Waals surface area contributed by atoms with Gasteiger partial charge < -0.3 is 5.11 Å². The molecule has 0 fully saturated rings. The van der Waals surface area contributed by atoms with Crippen molar-refractivity contribution < 1.29 is 5.11 Å². The van der Waals surface area contributed by atoms with Gasteiger partial charge in [-0.1, -0.05) is 18.2 Å². The number of benzene rings is 1. The van der Waals surface area contributed by atoms with Crippen LogP contribution in [0.2, 0.25) is 0 Å². The molecule has 0 spiro atoms. The van der Waals surface area contributed by atoms with Crippen LogP contribution in [-0.4, -0.2) is 15.9 Å². The van der Waals surface area contributed by atoms with Crippen LogP contribution in [0.25, 0.3) is 11.6 Å². The van der Waals surface area contributed by atoms with Gasteiger partial charge in [0, 0.05) is 22.9 Å². The van der Waals surface area contributed by atoms with Crippen LogP contribution in [0.4, 0.5) is 5.69 Å². The lowest BCUT2D eigenvalue weighted by Gasteiger charge is -2.21. The average molecular weight is 316 g/mol. The minimum absolute atomic E-state index is 0.225. The van der Waals surface area contributed by atoms with E-state index in [4.69, 9.17) is 12.2 Å². The van der Waals surface area contributed by atoms with Crippen LogP contribution >= 0.6 is 23.6 Å². The molecule has 1 aliphatic rings. The van der Waals surface area contributed by atoms with E-state index in [1.54, 1.807) is 4.57 Å². The minimum Gasteiger partial charge on any atom is -0.493 e. The fourth-order valence-electron chi connectivity index (χ4n) is 2.36. The van der Waals surface area contributed by atoms with Crippen LogP contribution in [0, 0.1) is 3.95 Å². The average Bonchev–Trinajstić information content (AvgIpc) is 2.92. The summed E-state index contributed by atoms with van der Waals surface area (Å²) in [6.07, 6.45) is 3.78. The van der Waals surface area contributed by atoms with Crippen molar-refractivity contribution in [3.05, 3.63) is 38.7 Å². The molecule has 0 aliphatic carbocycles. The minimum atomic E-state index is -0.240. The molecule has 0 radical (unpaired) electrons. The molecular weight excluding hydrogens is 300 g/mol. The Morgan fingerprint density at radius 1 is 1.29 bits per heavy atom. The van der Waals surface area contributed by atoms with Gasteiger partial charge in [0.25, 0.3) is 0 Å². The maximum absolute atomic E-state index is 10.5. The molecule has 3 nitrogen and oxygen atoms in total. The summed E-state index contributed by atoms with van der Waals surface area (Å²) >= 11 is 6.80. The number of aromatic hydroxyl groups is 1. The number of thiazole rings is 1. The number of nitrogens with zero attached hydrogens (tertiary/aromatic N) is 2. The van der Waals surface area contributed by atoms with Crippen LogP contribution in [0.3, 0.4) is 0 Å². The smallest absolute Gasteiger partial charge is 0.211 e. The summed E-state index contributed by atoms with van der Waals surface area (Å²) in [4.78, 5) is 5.15. The molecule has 3 rings (SSSR count). The summed E-state index contributed by atoms with van der Waals surface area (Å²) in [6.45, 7) is 6.08. The van der Waals surface area contributed by atoms with Gasteiger partial charge >= 0.3 is 0 Å². The molecule has 0 unspecified atom stereocenters. The monoisotopic (exact) mass is 316 g/mol. The predicted octanol–water partition coefficient (Wildman–Crippen LogP) is 5.00. The summed E-state index contributed by atoms with van der Waals surface area (Å²) in [5.74, 6) is 0.225. The third-order valence-corrected chi connectivity index (χ3v) is 4.64. The maximum atomic E-state index is 10.5. The zero-order valence-corrected chi connectivity index (χ0v) is 13.8. The maximum Gasteiger partial charge on any atom is 0.211 e. The Kier molecular flexibility index (Phi) is 3.34. The molecule has 1 aromatic heterocycles. The zero-order valence-electron chi connectivity index (χ0n) is 12.1. The van der Waals surface area contributed by atoms with E-state index >= 15 is 0 Å². The summed E-state index contributed by atoms with van der Waals surface area (Å²) in [6, 6.07) is 7.97. The third kappa shape index (κ3) is 2.47. The first kappa shape index (κ1) is 14.2. The lowest BCUT2D eigenvalue weighted by molar-refractivity contribution is 0.323. The SMILES string of the molecule is CC(C)(C)n1c(O)c(C=C2C=Nc3ccccc32)sc1=S. The van der Waals surface area contributed by atoms with Crippen molar-refractivity contribution in [1.29, 1.82) is 0 Å². The van der Waals surface area contributed by atoms with Crippen LogP contribution < -0.4 is 0 Å². The highest BCUT2D eigenvalue weighted by Crippen LogP contribution is 2.37. The standard InChI is InChI=1S/C16H16N2OS2/c1-16(2,3)18-14(19)13(21-15(18)20)8-10-9-17-12-7-5-4-6-11(10)12/h4-9,19H,1-3H3. The summed E-state index contributed by atoms with van der Waals surface area (Å²) in [5.41, 5.74) is 2.80. The largest absolute Gasteiger partial charge is 0.493 e. The van der Waals surface area contributed by atoms with Gasteiger partial charge in [0.2, 0.25) is 5.88 Å². The highest BCUT2D eigenvalue weighted by Gasteiger charge is 2.22. The van der Waals surface area contributed by atoms with Crippen molar-refractivity contribution in [3.8, 4) is 5.88 Å². The Labute approximate surface area is 132 Å². The summed E-state index contributed by atoms with van der Waals surface area (Å²) in [7, 11) is 0. The molecule has 0 saturated carbocycles. The fraction of sp³-hybridized carbons (Fsp3) is 0.250. The Bertz CT molecular complexity index is 820. The summed E-state index contributed by atoms with van der Waals surface area (Å²) < 4.78 is 2.47. The van der Waals surface area contributed by atoms with Gasteiger partial charge in [0.1, 0.15) is 0 Å². The molecule has 1 aromatic carbocycles. The molecule has 21 heavy (non-hydrogen) atoms. The number of fused-ring (bicyclic) bond motifs is 1. The van der Waals surface area contributed by atoms with Gasteiger partial charge in [0.05, 0.1) is 10.6 Å². The molecule has 0 amide bonds. The number of para-hydroxylation sites is 1. The fourth-order valence-corrected chi connectivity index (χ4v) is 4.00. The van der Waals surface area contributed by atoms with Crippen molar-refractivity contribution in [2.24, 2.45) is 4.99 Å². The predicted molar refractivity (Wildman–Crippen MR) is 92.3 cm³/mol. The van der Waals surface area contributed by atoms with Gasteiger partial charge in [-0.05, 0) is 45.1 Å². The molecule has 0 bridgehead atoms. The number of allylic oxidation sites excluding steroid dienone is 1. The van der Waals surface area contributed by atoms with E-state index in [9.17, 15) is 5.11 Å². The topological polar surface area (TPSA) is 37.5 Å². The summed E-state index contributed by atoms with van der Waals surface area (Å²) in [5, 5.41) is 10.5. The lowest BCUT2D eigenvalue weighted by Crippen LogP contribution is -2.21. The third-order valence-electron chi connectivity index (χ3n) is 3.33. The van der Waals surface area contributed by atoms with Gasteiger partial charge in [-0.2, -0.15) is 0 Å². The molecule has 2 heterocycles. The van der Waals surface area contributed by atoms with Crippen LogP contribution in [-0.2, 0) is 5.54 Å². The molecule has 1 aliphatic heterocycles. The second-order valence-electron chi connectivity index (χ2n) is 5.94. The van der Waals surface area contributed by atoms with E-state index in [1.165, 1.54) is 11.3 Å². The second-order valence-corrected chi connectivity index (χ2v) is 7.61. The van der Waals surface area contributed by atoms with E-state index < -0.39 is 0 Å². The highest BCUT2D eigenvalue weighted by molar-refractivity contribution is 7.73. The first-order valence-corrected chi connectivity index (χ1v) is 7.91. The van der Waals surface area contributed by atoms with Gasteiger partial charge in [-0.3, -0.25) is 9.56 Å². The Hall–Kier alpha value is -1.72. The molecule has 2 aromatic rings. The molecular formula is C16H16N2OS2. The first-order valence-electron chi connectivity index (χ1n) is 6.68. The van der Waals surface area contributed by atoms with E-state index in [2.05, 4.69) is 4.99 Å². The molecule has 0 saturated heterocycles. The number of hydrogen-bond donors (Lipinski definition) is 1. The van der Waals surface area contributed by atoms with Crippen molar-refractivity contribution in [1.82, 2.24) is 4.57 Å². The molecule has 0 atom stereocenters. The molecule has 5 heteroatoms. The lowest BCUT2D eigenvalue weighted by atomic mass is 10.1. The molecule has 108 valence electrons. The van der Waals surface area contributed by atoms with Gasteiger partial charge in [-0.15, -0.1) is 11.3 Å². The van der Waals surface area contributed by atoms with Crippen molar-refractivity contribution >= 4 is 47.1 Å².